The van der Waals surface area contributed by atoms with Gasteiger partial charge in [0.15, 0.2) is 34.5 Å². The number of hydrogen-bond donors (Lipinski definition) is 0. The van der Waals surface area contributed by atoms with E-state index in [4.69, 9.17) is 28.4 Å². The Labute approximate surface area is 215 Å². The Morgan fingerprint density at radius 3 is 1.54 bits per heavy atom. The van der Waals surface area contributed by atoms with E-state index in [1.54, 1.807) is 12.1 Å². The van der Waals surface area contributed by atoms with Crippen LogP contribution in [0.25, 0.3) is 0 Å². The third kappa shape index (κ3) is 6.30. The van der Waals surface area contributed by atoms with Crippen LogP contribution in [0, 0.1) is 0 Å². The molecule has 0 heterocycles. The number of rotatable bonds is 11. The van der Waals surface area contributed by atoms with Crippen molar-refractivity contribution in [3.63, 3.8) is 0 Å². The Bertz CT molecular complexity index is 1270. The van der Waals surface area contributed by atoms with Crippen molar-refractivity contribution in [2.75, 3.05) is 35.5 Å². The van der Waals surface area contributed by atoms with E-state index in [2.05, 4.69) is 0 Å². The first-order chi connectivity index (χ1) is 17.7. The number of ether oxygens (including phenoxy) is 6. The second-order valence-electron chi connectivity index (χ2n) is 8.20. The highest BCUT2D eigenvalue weighted by atomic mass is 16.5. The summed E-state index contributed by atoms with van der Waals surface area (Å²) in [6.45, 7) is 1.38. The van der Waals surface area contributed by atoms with Crippen LogP contribution in [-0.2, 0) is 43.3 Å². The van der Waals surface area contributed by atoms with Gasteiger partial charge in [0, 0.05) is 25.0 Å². The number of hydrogen-bond acceptors (Lipinski definition) is 9. The molecule has 2 aromatic rings. The van der Waals surface area contributed by atoms with Gasteiger partial charge >= 0.3 is 5.97 Å². The lowest BCUT2D eigenvalue weighted by atomic mass is 9.89. The van der Waals surface area contributed by atoms with E-state index in [1.165, 1.54) is 54.6 Å². The average Bonchev–Trinajstić information content (AvgIpc) is 2.89. The van der Waals surface area contributed by atoms with Crippen molar-refractivity contribution in [2.24, 2.45) is 0 Å². The van der Waals surface area contributed by atoms with Crippen molar-refractivity contribution in [3.05, 3.63) is 70.0 Å². The molecule has 1 aliphatic carbocycles. The molecule has 9 nitrogen and oxygen atoms in total. The Morgan fingerprint density at radius 2 is 1.08 bits per heavy atom. The number of carbonyl (C=O) groups is 3. The molecule has 0 bridgehead atoms. The van der Waals surface area contributed by atoms with Crippen LogP contribution in [0.5, 0.6) is 23.0 Å². The smallest absolute Gasteiger partial charge is 0.302 e. The van der Waals surface area contributed by atoms with Crippen LogP contribution in [0.4, 0.5) is 0 Å². The number of ketones is 2. The Morgan fingerprint density at radius 1 is 0.622 bits per heavy atom. The third-order valence-corrected chi connectivity index (χ3v) is 5.95. The van der Waals surface area contributed by atoms with Crippen LogP contribution in [-0.4, -0.2) is 53.1 Å². The summed E-state index contributed by atoms with van der Waals surface area (Å²) in [4.78, 5) is 36.6. The summed E-state index contributed by atoms with van der Waals surface area (Å²) in [6, 6.07) is 7.20. The molecule has 0 fully saturated rings. The number of esters is 1. The monoisotopic (exact) mass is 510 g/mol. The van der Waals surface area contributed by atoms with Crippen LogP contribution in [0.2, 0.25) is 0 Å². The van der Waals surface area contributed by atoms with Crippen molar-refractivity contribution in [2.45, 2.75) is 26.4 Å². The summed E-state index contributed by atoms with van der Waals surface area (Å²) in [5.74, 6) is 0.908. The van der Waals surface area contributed by atoms with Gasteiger partial charge in [0.05, 0.1) is 35.5 Å². The van der Waals surface area contributed by atoms with E-state index in [-0.39, 0.29) is 30.4 Å². The second-order valence-corrected chi connectivity index (χ2v) is 8.20. The number of methoxy groups -OCH3 is 5. The second kappa shape index (κ2) is 12.1. The van der Waals surface area contributed by atoms with E-state index in [1.807, 2.05) is 12.1 Å². The highest BCUT2D eigenvalue weighted by Crippen LogP contribution is 2.36. The van der Waals surface area contributed by atoms with Crippen molar-refractivity contribution in [3.8, 4) is 23.0 Å². The van der Waals surface area contributed by atoms with Crippen LogP contribution in [0.3, 0.4) is 0 Å². The molecule has 0 aliphatic heterocycles. The first kappa shape index (κ1) is 27.3. The molecule has 196 valence electrons. The molecular weight excluding hydrogens is 480 g/mol. The Kier molecular flexibility index (Phi) is 8.95. The zero-order valence-electron chi connectivity index (χ0n) is 21.8. The fourth-order valence-electron chi connectivity index (χ4n) is 4.03. The van der Waals surface area contributed by atoms with Crippen LogP contribution >= 0.6 is 0 Å². The summed E-state index contributed by atoms with van der Waals surface area (Å²) in [5, 5.41) is 0. The zero-order chi connectivity index (χ0) is 27.1. The standard InChI is InChI=1S/C28H30O9/c1-16(29)37-15-21-13-28(36-6)27(35-5)12-19(21)7-17-10-25(33-3)26(34-4)11-18(17)8-20-9-23(31)24(32-2)14-22(20)30/h9-14H,7-8,15H2,1-6H3. The molecule has 1 aliphatic rings. The zero-order valence-corrected chi connectivity index (χ0v) is 21.8. The highest BCUT2D eigenvalue weighted by molar-refractivity contribution is 6.19. The first-order valence-electron chi connectivity index (χ1n) is 11.4. The van der Waals surface area contributed by atoms with Crippen LogP contribution in [0.15, 0.2) is 47.7 Å². The summed E-state index contributed by atoms with van der Waals surface area (Å²) >= 11 is 0. The molecule has 2 aromatic carbocycles. The largest absolute Gasteiger partial charge is 0.493 e. The van der Waals surface area contributed by atoms with Crippen molar-refractivity contribution in [1.29, 1.82) is 0 Å². The SMILES string of the molecule is COC1=CC(=O)C(Cc2cc(OC)c(OC)cc2Cc2cc(OC)c(OC)cc2COC(C)=O)=CC1=O. The Balaban J connectivity index is 2.09. The fraction of sp³-hybridized carbons (Fsp3) is 0.321. The lowest BCUT2D eigenvalue weighted by molar-refractivity contribution is -0.142. The van der Waals surface area contributed by atoms with E-state index >= 15 is 0 Å². The minimum Gasteiger partial charge on any atom is -0.493 e. The first-order valence-corrected chi connectivity index (χ1v) is 11.4. The van der Waals surface area contributed by atoms with Gasteiger partial charge < -0.3 is 28.4 Å². The van der Waals surface area contributed by atoms with Gasteiger partial charge in [-0.3, -0.25) is 14.4 Å². The van der Waals surface area contributed by atoms with Gasteiger partial charge in [-0.1, -0.05) is 0 Å². The molecule has 0 atom stereocenters. The van der Waals surface area contributed by atoms with Gasteiger partial charge in [0.2, 0.25) is 5.78 Å². The summed E-state index contributed by atoms with van der Waals surface area (Å²) in [6.07, 6.45) is 3.05. The molecule has 0 aromatic heterocycles. The van der Waals surface area contributed by atoms with Crippen LogP contribution < -0.4 is 18.9 Å². The molecule has 0 spiro atoms. The molecule has 0 saturated carbocycles. The minimum atomic E-state index is -0.413. The molecule has 0 amide bonds. The minimum absolute atomic E-state index is 0.00160. The number of carbonyl (C=O) groups excluding carboxylic acids is 3. The van der Waals surface area contributed by atoms with Gasteiger partial charge in [-0.15, -0.1) is 0 Å². The average molecular weight is 511 g/mol. The van der Waals surface area contributed by atoms with Crippen molar-refractivity contribution < 1.29 is 42.8 Å². The molecule has 0 unspecified atom stereocenters. The summed E-state index contributed by atoms with van der Waals surface area (Å²) in [5.41, 5.74) is 3.44. The maximum Gasteiger partial charge on any atom is 0.302 e. The van der Waals surface area contributed by atoms with Gasteiger partial charge in [-0.05, 0) is 59.0 Å². The van der Waals surface area contributed by atoms with Gasteiger partial charge in [-0.25, -0.2) is 0 Å². The predicted octanol–water partition coefficient (Wildman–Crippen LogP) is 3.53. The molecular formula is C28H30O9. The molecule has 3 rings (SSSR count). The quantitative estimate of drug-likeness (QED) is 0.331. The molecule has 0 radical (unpaired) electrons. The maximum atomic E-state index is 12.7. The van der Waals surface area contributed by atoms with E-state index in [0.717, 1.165) is 22.3 Å². The number of allylic oxidation sites excluding steroid dienone is 3. The molecule has 37 heavy (non-hydrogen) atoms. The number of benzene rings is 2. The van der Waals surface area contributed by atoms with Crippen molar-refractivity contribution in [1.82, 2.24) is 0 Å². The van der Waals surface area contributed by atoms with E-state index < -0.39 is 5.97 Å². The van der Waals surface area contributed by atoms with E-state index in [0.29, 0.717) is 35.0 Å². The van der Waals surface area contributed by atoms with Gasteiger partial charge in [0.1, 0.15) is 6.61 Å². The molecule has 0 saturated heterocycles. The highest BCUT2D eigenvalue weighted by Gasteiger charge is 2.23. The third-order valence-electron chi connectivity index (χ3n) is 5.95. The summed E-state index contributed by atoms with van der Waals surface area (Å²) < 4.78 is 32.2. The normalized spacial score (nSPS) is 12.9. The van der Waals surface area contributed by atoms with Gasteiger partial charge in [0.25, 0.3) is 0 Å². The summed E-state index contributed by atoms with van der Waals surface area (Å²) in [7, 11) is 7.47. The lowest BCUT2D eigenvalue weighted by Crippen LogP contribution is -2.16. The van der Waals surface area contributed by atoms with Crippen LogP contribution in [0.1, 0.15) is 29.2 Å². The lowest BCUT2D eigenvalue weighted by Gasteiger charge is -2.19. The topological polar surface area (TPSA) is 107 Å². The predicted molar refractivity (Wildman–Crippen MR) is 134 cm³/mol. The molecule has 0 N–H and O–H groups in total. The Hall–Kier alpha value is -4.27. The van der Waals surface area contributed by atoms with Crippen molar-refractivity contribution >= 4 is 17.5 Å². The van der Waals surface area contributed by atoms with E-state index in [9.17, 15) is 14.4 Å². The maximum absolute atomic E-state index is 12.7. The fourth-order valence-corrected chi connectivity index (χ4v) is 4.03. The molecule has 9 heteroatoms. The van der Waals surface area contributed by atoms with Gasteiger partial charge in [-0.2, -0.15) is 0 Å².